The minimum Gasteiger partial charge on any atom is -0.491 e. The maximum Gasteiger partial charge on any atom is 0.319 e. The molecule has 0 aliphatic carbocycles. The lowest BCUT2D eigenvalue weighted by Crippen LogP contribution is -2.31. The van der Waals surface area contributed by atoms with Crippen LogP contribution in [0.5, 0.6) is 5.75 Å². The smallest absolute Gasteiger partial charge is 0.319 e. The highest BCUT2D eigenvalue weighted by Crippen LogP contribution is 2.26. The highest BCUT2D eigenvalue weighted by atomic mass is 79.9. The second kappa shape index (κ2) is 7.41. The highest BCUT2D eigenvalue weighted by molar-refractivity contribution is 9.10. The van der Waals surface area contributed by atoms with E-state index in [1.54, 1.807) is 6.92 Å². The van der Waals surface area contributed by atoms with Crippen molar-refractivity contribution in [1.82, 2.24) is 5.32 Å². The lowest BCUT2D eigenvalue weighted by Gasteiger charge is -2.16. The Morgan fingerprint density at radius 3 is 2.39 bits per heavy atom. The standard InChI is InChI=1S/C16H15BrF2N2O2/c1-9(11-5-3-4-6-12(11)17)20-16(22)21-10-7-13(18)15(23-2)14(19)8-10/h3-9H,1-2H3,(H2,20,21,22). The zero-order valence-corrected chi connectivity index (χ0v) is 14.1. The van der Waals surface area contributed by atoms with Crippen LogP contribution in [0, 0.1) is 11.6 Å². The molecule has 0 bridgehead atoms. The topological polar surface area (TPSA) is 50.4 Å². The molecule has 23 heavy (non-hydrogen) atoms. The molecule has 1 atom stereocenters. The van der Waals surface area contributed by atoms with Gasteiger partial charge >= 0.3 is 6.03 Å². The van der Waals surface area contributed by atoms with E-state index in [4.69, 9.17) is 0 Å². The van der Waals surface area contributed by atoms with Gasteiger partial charge in [-0.2, -0.15) is 0 Å². The normalized spacial score (nSPS) is 11.7. The van der Waals surface area contributed by atoms with Crippen LogP contribution in [0.1, 0.15) is 18.5 Å². The molecule has 2 rings (SSSR count). The Hall–Kier alpha value is -2.15. The van der Waals surface area contributed by atoms with E-state index in [1.165, 1.54) is 7.11 Å². The Labute approximate surface area is 141 Å². The lowest BCUT2D eigenvalue weighted by atomic mass is 10.1. The fraction of sp³-hybridized carbons (Fsp3) is 0.188. The van der Waals surface area contributed by atoms with Crippen LogP contribution in [-0.4, -0.2) is 13.1 Å². The van der Waals surface area contributed by atoms with Crippen LogP contribution >= 0.6 is 15.9 Å². The van der Waals surface area contributed by atoms with Crippen molar-refractivity contribution in [2.24, 2.45) is 0 Å². The summed E-state index contributed by atoms with van der Waals surface area (Å²) in [7, 11) is 1.17. The Balaban J connectivity index is 2.07. The van der Waals surface area contributed by atoms with Gasteiger partial charge in [-0.05, 0) is 18.6 Å². The Kier molecular flexibility index (Phi) is 5.54. The fourth-order valence-electron chi connectivity index (χ4n) is 2.09. The van der Waals surface area contributed by atoms with Crippen LogP contribution in [0.15, 0.2) is 40.9 Å². The molecule has 0 spiro atoms. The van der Waals surface area contributed by atoms with Gasteiger partial charge in [0.15, 0.2) is 17.4 Å². The maximum atomic E-state index is 13.6. The first-order chi connectivity index (χ1) is 10.9. The minimum absolute atomic E-state index is 0.00220. The van der Waals surface area contributed by atoms with Crippen LogP contribution in [-0.2, 0) is 0 Å². The number of carbonyl (C=O) groups excluding carboxylic acids is 1. The third kappa shape index (κ3) is 4.19. The molecule has 2 aromatic rings. The van der Waals surface area contributed by atoms with E-state index in [0.717, 1.165) is 22.2 Å². The Bertz CT molecular complexity index is 702. The summed E-state index contributed by atoms with van der Waals surface area (Å²) in [4.78, 5) is 12.0. The van der Waals surface area contributed by atoms with E-state index in [-0.39, 0.29) is 11.7 Å². The summed E-state index contributed by atoms with van der Waals surface area (Å²) in [6, 6.07) is 8.56. The molecule has 0 aliphatic rings. The molecular weight excluding hydrogens is 370 g/mol. The molecule has 2 N–H and O–H groups in total. The summed E-state index contributed by atoms with van der Waals surface area (Å²) in [6.07, 6.45) is 0. The third-order valence-corrected chi connectivity index (χ3v) is 3.90. The molecule has 0 aliphatic heterocycles. The number of ether oxygens (including phenoxy) is 1. The van der Waals surface area contributed by atoms with Crippen LogP contribution in [0.3, 0.4) is 0 Å². The van der Waals surface area contributed by atoms with E-state index in [0.29, 0.717) is 0 Å². The molecule has 122 valence electrons. The molecule has 0 saturated heterocycles. The van der Waals surface area contributed by atoms with Crippen molar-refractivity contribution >= 4 is 27.6 Å². The molecule has 0 aromatic heterocycles. The maximum absolute atomic E-state index is 13.6. The lowest BCUT2D eigenvalue weighted by molar-refractivity contribution is 0.249. The summed E-state index contributed by atoms with van der Waals surface area (Å²) in [5, 5.41) is 5.09. The van der Waals surface area contributed by atoms with Gasteiger partial charge in [-0.15, -0.1) is 0 Å². The van der Waals surface area contributed by atoms with Crippen molar-refractivity contribution in [2.45, 2.75) is 13.0 Å². The number of nitrogens with one attached hydrogen (secondary N) is 2. The van der Waals surface area contributed by atoms with Crippen LogP contribution in [0.2, 0.25) is 0 Å². The first kappa shape index (κ1) is 17.2. The molecule has 7 heteroatoms. The van der Waals surface area contributed by atoms with Crippen LogP contribution in [0.25, 0.3) is 0 Å². The first-order valence-corrected chi connectivity index (χ1v) is 7.56. The van der Waals surface area contributed by atoms with E-state index in [9.17, 15) is 13.6 Å². The molecular formula is C16H15BrF2N2O2. The summed E-state index contributed by atoms with van der Waals surface area (Å²) in [6.45, 7) is 1.80. The Morgan fingerprint density at radius 1 is 1.22 bits per heavy atom. The third-order valence-electron chi connectivity index (χ3n) is 3.18. The summed E-state index contributed by atoms with van der Waals surface area (Å²) >= 11 is 3.40. The number of urea groups is 1. The summed E-state index contributed by atoms with van der Waals surface area (Å²) in [5.41, 5.74) is 0.882. The molecule has 2 amide bonds. The number of hydrogen-bond acceptors (Lipinski definition) is 2. The monoisotopic (exact) mass is 384 g/mol. The quantitative estimate of drug-likeness (QED) is 0.807. The number of hydrogen-bond donors (Lipinski definition) is 2. The number of rotatable bonds is 4. The minimum atomic E-state index is -0.887. The first-order valence-electron chi connectivity index (χ1n) is 6.77. The van der Waals surface area contributed by atoms with Crippen molar-refractivity contribution in [3.8, 4) is 5.75 Å². The second-order valence-electron chi connectivity index (χ2n) is 4.81. The zero-order valence-electron chi connectivity index (χ0n) is 12.5. The second-order valence-corrected chi connectivity index (χ2v) is 5.67. The average molecular weight is 385 g/mol. The SMILES string of the molecule is COc1c(F)cc(NC(=O)NC(C)c2ccccc2Br)cc1F. The van der Waals surface area contributed by atoms with Crippen molar-refractivity contribution in [3.05, 3.63) is 58.1 Å². The van der Waals surface area contributed by atoms with Crippen molar-refractivity contribution < 1.29 is 18.3 Å². The van der Waals surface area contributed by atoms with Gasteiger partial charge in [0.25, 0.3) is 0 Å². The van der Waals surface area contributed by atoms with Crippen LogP contribution < -0.4 is 15.4 Å². The molecule has 0 heterocycles. The molecule has 1 unspecified atom stereocenters. The fourth-order valence-corrected chi connectivity index (χ4v) is 2.72. The van der Waals surface area contributed by atoms with Crippen LogP contribution in [0.4, 0.5) is 19.3 Å². The van der Waals surface area contributed by atoms with E-state index >= 15 is 0 Å². The number of carbonyl (C=O) groups is 1. The Morgan fingerprint density at radius 2 is 1.83 bits per heavy atom. The van der Waals surface area contributed by atoms with Gasteiger partial charge in [-0.1, -0.05) is 34.1 Å². The number of anilines is 1. The molecule has 0 radical (unpaired) electrons. The molecule has 4 nitrogen and oxygen atoms in total. The molecule has 0 saturated carbocycles. The van der Waals surface area contributed by atoms with Gasteiger partial charge in [-0.25, -0.2) is 13.6 Å². The summed E-state index contributed by atoms with van der Waals surface area (Å²) < 4.78 is 32.6. The molecule has 0 fully saturated rings. The average Bonchev–Trinajstić information content (AvgIpc) is 2.47. The predicted molar refractivity (Wildman–Crippen MR) is 87.6 cm³/mol. The highest BCUT2D eigenvalue weighted by Gasteiger charge is 2.15. The zero-order chi connectivity index (χ0) is 17.0. The van der Waals surface area contributed by atoms with Gasteiger partial charge in [0.05, 0.1) is 13.2 Å². The van der Waals surface area contributed by atoms with Gasteiger partial charge in [0.2, 0.25) is 0 Å². The van der Waals surface area contributed by atoms with Gasteiger partial charge in [-0.3, -0.25) is 0 Å². The number of halogens is 3. The van der Waals surface area contributed by atoms with Gasteiger partial charge in [0.1, 0.15) is 0 Å². The van der Waals surface area contributed by atoms with Gasteiger partial charge in [0, 0.05) is 22.3 Å². The molecule has 2 aromatic carbocycles. The van der Waals surface area contributed by atoms with E-state index in [2.05, 4.69) is 31.3 Å². The number of benzene rings is 2. The number of methoxy groups -OCH3 is 1. The van der Waals surface area contributed by atoms with Crippen molar-refractivity contribution in [1.29, 1.82) is 0 Å². The summed E-state index contributed by atoms with van der Waals surface area (Å²) in [5.74, 6) is -2.26. The van der Waals surface area contributed by atoms with Crippen molar-refractivity contribution in [3.63, 3.8) is 0 Å². The predicted octanol–water partition coefficient (Wildman–Crippen LogP) is 4.62. The van der Waals surface area contributed by atoms with E-state index in [1.807, 2.05) is 24.3 Å². The van der Waals surface area contributed by atoms with Gasteiger partial charge < -0.3 is 15.4 Å². The van der Waals surface area contributed by atoms with E-state index < -0.39 is 23.4 Å². The number of amides is 2. The van der Waals surface area contributed by atoms with Crippen molar-refractivity contribution in [2.75, 3.05) is 12.4 Å². The largest absolute Gasteiger partial charge is 0.491 e.